The smallest absolute Gasteiger partial charge is 0.225 e. The fraction of sp³-hybridized carbons (Fsp3) is 0.429. The number of halogens is 2. The van der Waals surface area contributed by atoms with E-state index in [4.69, 9.17) is 23.2 Å². The Bertz CT molecular complexity index is 499. The predicted octanol–water partition coefficient (Wildman–Crippen LogP) is 1.43. The summed E-state index contributed by atoms with van der Waals surface area (Å²) in [7, 11) is 0. The Hall–Kier alpha value is -0.980. The summed E-state index contributed by atoms with van der Waals surface area (Å²) in [6.45, 7) is 1.81. The fourth-order valence-electron chi connectivity index (χ4n) is 1.15. The monoisotopic (exact) mass is 247 g/mol. The van der Waals surface area contributed by atoms with Crippen LogP contribution in [-0.4, -0.2) is 30.1 Å². The highest BCUT2D eigenvalue weighted by Crippen LogP contribution is 2.21. The first-order chi connectivity index (χ1) is 7.13. The van der Waals surface area contributed by atoms with E-state index in [0.717, 1.165) is 0 Å². The number of aliphatic hydroxyl groups is 1. The van der Waals surface area contributed by atoms with Gasteiger partial charge < -0.3 is 5.11 Å². The Morgan fingerprint density at radius 1 is 1.40 bits per heavy atom. The van der Waals surface area contributed by atoms with E-state index in [1.54, 1.807) is 0 Å². The van der Waals surface area contributed by atoms with Crippen LogP contribution in [-0.2, 0) is 0 Å². The Kier molecular flexibility index (Phi) is 2.72. The van der Waals surface area contributed by atoms with Gasteiger partial charge in [0.15, 0.2) is 22.5 Å². The van der Waals surface area contributed by atoms with Gasteiger partial charge in [-0.15, -0.1) is 5.10 Å². The van der Waals surface area contributed by atoms with Crippen molar-refractivity contribution >= 4 is 34.4 Å². The molecule has 8 heteroatoms. The highest BCUT2D eigenvalue weighted by Gasteiger charge is 2.16. The molecule has 1 unspecified atom stereocenters. The molecule has 0 saturated carbocycles. The van der Waals surface area contributed by atoms with Gasteiger partial charge in [0.2, 0.25) is 5.28 Å². The minimum Gasteiger partial charge on any atom is -0.372 e. The van der Waals surface area contributed by atoms with Crippen LogP contribution in [0.4, 0.5) is 0 Å². The van der Waals surface area contributed by atoms with Crippen LogP contribution >= 0.6 is 23.2 Å². The van der Waals surface area contributed by atoms with Crippen LogP contribution in [0.2, 0.25) is 10.4 Å². The van der Waals surface area contributed by atoms with Crippen LogP contribution in [0.5, 0.6) is 0 Å². The second kappa shape index (κ2) is 3.88. The normalized spacial score (nSPS) is 13.3. The van der Waals surface area contributed by atoms with Gasteiger partial charge in [-0.05, 0) is 18.0 Å². The molecule has 0 spiro atoms. The van der Waals surface area contributed by atoms with Crippen LogP contribution < -0.4 is 0 Å². The molecule has 2 rings (SSSR count). The number of hydrogen-bond acceptors (Lipinski definition) is 5. The van der Waals surface area contributed by atoms with Gasteiger partial charge in [0.25, 0.3) is 0 Å². The lowest BCUT2D eigenvalue weighted by Gasteiger charge is -2.06. The lowest BCUT2D eigenvalue weighted by Crippen LogP contribution is -2.09. The summed E-state index contributed by atoms with van der Waals surface area (Å²) in [6, 6.07) is 0. The first-order valence-corrected chi connectivity index (χ1v) is 5.01. The third-order valence-corrected chi connectivity index (χ3v) is 2.33. The van der Waals surface area contributed by atoms with Gasteiger partial charge in [0.1, 0.15) is 0 Å². The average molecular weight is 248 g/mol. The number of nitrogens with zero attached hydrogens (tertiary/aromatic N) is 5. The highest BCUT2D eigenvalue weighted by atomic mass is 35.5. The van der Waals surface area contributed by atoms with Crippen molar-refractivity contribution in [3.63, 3.8) is 0 Å². The molecule has 1 N–H and O–H groups in total. The molecule has 0 aliphatic heterocycles. The predicted molar refractivity (Wildman–Crippen MR) is 54.7 cm³/mol. The molecule has 0 aliphatic rings. The van der Waals surface area contributed by atoms with E-state index in [2.05, 4.69) is 20.3 Å². The Balaban J connectivity index is 2.68. The number of hydrogen-bond donors (Lipinski definition) is 1. The van der Waals surface area contributed by atoms with Gasteiger partial charge in [0, 0.05) is 0 Å². The van der Waals surface area contributed by atoms with Gasteiger partial charge in [-0.25, -0.2) is 4.98 Å². The number of aromatic nitrogens is 5. The fourth-order valence-corrected chi connectivity index (χ4v) is 1.56. The highest BCUT2D eigenvalue weighted by molar-refractivity contribution is 6.35. The molecule has 2 aromatic heterocycles. The van der Waals surface area contributed by atoms with Crippen molar-refractivity contribution in [3.8, 4) is 0 Å². The zero-order chi connectivity index (χ0) is 11.0. The summed E-state index contributed by atoms with van der Waals surface area (Å²) in [5.41, 5.74) is 0.655. The van der Waals surface area contributed by atoms with Crippen LogP contribution in [0.15, 0.2) is 0 Å². The van der Waals surface area contributed by atoms with Gasteiger partial charge in [0.05, 0.1) is 0 Å². The summed E-state index contributed by atoms with van der Waals surface area (Å²) in [6.07, 6.45) is -0.311. The topological polar surface area (TPSA) is 76.7 Å². The lowest BCUT2D eigenvalue weighted by molar-refractivity contribution is 0.0887. The largest absolute Gasteiger partial charge is 0.372 e. The molecule has 0 amide bonds. The molecule has 15 heavy (non-hydrogen) atoms. The van der Waals surface area contributed by atoms with Crippen molar-refractivity contribution in [2.45, 2.75) is 19.6 Å². The van der Waals surface area contributed by atoms with Gasteiger partial charge in [-0.1, -0.05) is 23.7 Å². The number of rotatable bonds is 2. The van der Waals surface area contributed by atoms with Crippen molar-refractivity contribution in [2.75, 3.05) is 0 Å². The van der Waals surface area contributed by atoms with Crippen molar-refractivity contribution in [3.05, 3.63) is 10.4 Å². The molecule has 6 nitrogen and oxygen atoms in total. The number of fused-ring (bicyclic) bond motifs is 1. The molecule has 80 valence electrons. The summed E-state index contributed by atoms with van der Waals surface area (Å²) in [5.74, 6) is 0. The molecular weight excluding hydrogens is 241 g/mol. The SMILES string of the molecule is CCC(O)n1nnc2c(Cl)nc(Cl)nc21. The Morgan fingerprint density at radius 2 is 2.13 bits per heavy atom. The maximum Gasteiger partial charge on any atom is 0.225 e. The molecule has 1 atom stereocenters. The lowest BCUT2D eigenvalue weighted by atomic mass is 10.4. The zero-order valence-corrected chi connectivity index (χ0v) is 9.24. The van der Waals surface area contributed by atoms with Crippen LogP contribution in [0.25, 0.3) is 11.2 Å². The average Bonchev–Trinajstić information content (AvgIpc) is 2.60. The quantitative estimate of drug-likeness (QED) is 0.642. The molecule has 2 heterocycles. The first kappa shape index (κ1) is 10.5. The molecule has 2 aromatic rings. The minimum absolute atomic E-state index is 0.000599. The van der Waals surface area contributed by atoms with Gasteiger partial charge >= 0.3 is 0 Å². The molecule has 0 aromatic carbocycles. The second-order valence-corrected chi connectivity index (χ2v) is 3.57. The van der Waals surface area contributed by atoms with E-state index in [-0.39, 0.29) is 10.4 Å². The number of aliphatic hydroxyl groups excluding tert-OH is 1. The molecule has 0 saturated heterocycles. The van der Waals surface area contributed by atoms with Crippen LogP contribution in [0.3, 0.4) is 0 Å². The Labute approximate surface area is 94.8 Å². The van der Waals surface area contributed by atoms with Gasteiger partial charge in [-0.2, -0.15) is 9.67 Å². The first-order valence-electron chi connectivity index (χ1n) is 4.25. The van der Waals surface area contributed by atoms with Crippen molar-refractivity contribution in [1.82, 2.24) is 25.0 Å². The summed E-state index contributed by atoms with van der Waals surface area (Å²) in [4.78, 5) is 7.64. The standard InChI is InChI=1S/C7H7Cl2N5O/c1-2-3(15)14-6-4(12-13-14)5(8)10-7(9)11-6/h3,15H,2H2,1H3. The summed E-state index contributed by atoms with van der Waals surface area (Å²) in [5, 5.41) is 17.2. The van der Waals surface area contributed by atoms with E-state index in [9.17, 15) is 5.11 Å². The molecule has 0 bridgehead atoms. The van der Waals surface area contributed by atoms with Crippen molar-refractivity contribution in [1.29, 1.82) is 0 Å². The van der Waals surface area contributed by atoms with E-state index >= 15 is 0 Å². The summed E-state index contributed by atoms with van der Waals surface area (Å²) >= 11 is 11.4. The summed E-state index contributed by atoms with van der Waals surface area (Å²) < 4.78 is 1.26. The zero-order valence-electron chi connectivity index (χ0n) is 7.72. The maximum absolute atomic E-state index is 9.61. The van der Waals surface area contributed by atoms with E-state index < -0.39 is 6.23 Å². The van der Waals surface area contributed by atoms with E-state index in [1.165, 1.54) is 4.68 Å². The van der Waals surface area contributed by atoms with Crippen LogP contribution in [0, 0.1) is 0 Å². The van der Waals surface area contributed by atoms with Gasteiger partial charge in [-0.3, -0.25) is 0 Å². The molecule has 0 aliphatic carbocycles. The Morgan fingerprint density at radius 3 is 2.80 bits per heavy atom. The third-order valence-electron chi connectivity index (χ3n) is 1.90. The van der Waals surface area contributed by atoms with E-state index in [0.29, 0.717) is 17.6 Å². The third kappa shape index (κ3) is 1.75. The molecule has 0 fully saturated rings. The van der Waals surface area contributed by atoms with Crippen LogP contribution in [0.1, 0.15) is 19.6 Å². The minimum atomic E-state index is -0.794. The maximum atomic E-state index is 9.61. The van der Waals surface area contributed by atoms with E-state index in [1.807, 2.05) is 6.92 Å². The second-order valence-electron chi connectivity index (χ2n) is 2.88. The molecular formula is C7H7Cl2N5O. The van der Waals surface area contributed by atoms with Crippen molar-refractivity contribution in [2.24, 2.45) is 0 Å². The molecule has 0 radical (unpaired) electrons. The van der Waals surface area contributed by atoms with Crippen molar-refractivity contribution < 1.29 is 5.11 Å².